The second-order valence-electron chi connectivity index (χ2n) is 6.74. The normalized spacial score (nSPS) is 18.0. The molecule has 2 aromatic rings. The molecular formula is C19H27N5O2. The van der Waals surface area contributed by atoms with E-state index in [-0.39, 0.29) is 11.9 Å². The van der Waals surface area contributed by atoms with Gasteiger partial charge in [0.25, 0.3) is 0 Å². The smallest absolute Gasteiger partial charge is 0.224 e. The Morgan fingerprint density at radius 2 is 2.15 bits per heavy atom. The molecule has 3 heterocycles. The Morgan fingerprint density at radius 3 is 2.88 bits per heavy atom. The molecule has 0 N–H and O–H groups in total. The highest BCUT2D eigenvalue weighted by Crippen LogP contribution is 2.15. The Balaban J connectivity index is 1.53. The molecule has 1 saturated heterocycles. The third-order valence-corrected chi connectivity index (χ3v) is 4.92. The third-order valence-electron chi connectivity index (χ3n) is 4.92. The zero-order chi connectivity index (χ0) is 18.4. The Bertz CT molecular complexity index is 703. The molecule has 3 rings (SSSR count). The lowest BCUT2D eigenvalue weighted by Crippen LogP contribution is -2.47. The lowest BCUT2D eigenvalue weighted by molar-refractivity contribution is -0.133. The van der Waals surface area contributed by atoms with Crippen molar-refractivity contribution in [2.24, 2.45) is 0 Å². The van der Waals surface area contributed by atoms with Crippen LogP contribution >= 0.6 is 0 Å². The van der Waals surface area contributed by atoms with Gasteiger partial charge in [0, 0.05) is 70.5 Å². The number of carbonyl (C=O) groups excluding carboxylic acids is 1. The van der Waals surface area contributed by atoms with Gasteiger partial charge in [-0.05, 0) is 24.6 Å². The minimum absolute atomic E-state index is 0.113. The second kappa shape index (κ2) is 8.91. The third kappa shape index (κ3) is 4.89. The second-order valence-corrected chi connectivity index (χ2v) is 6.74. The quantitative estimate of drug-likeness (QED) is 0.748. The Morgan fingerprint density at radius 1 is 1.35 bits per heavy atom. The molecule has 26 heavy (non-hydrogen) atoms. The van der Waals surface area contributed by atoms with Crippen LogP contribution in [0.1, 0.15) is 17.8 Å². The monoisotopic (exact) mass is 357 g/mol. The Labute approximate surface area is 154 Å². The summed E-state index contributed by atoms with van der Waals surface area (Å²) < 4.78 is 7.69. The number of rotatable bonds is 7. The molecule has 1 amide bonds. The van der Waals surface area contributed by atoms with Crippen LogP contribution in [-0.4, -0.2) is 69.6 Å². The van der Waals surface area contributed by atoms with E-state index >= 15 is 0 Å². The number of hydrogen-bond acceptors (Lipinski definition) is 5. The number of aryl methyl sites for hydroxylation is 1. The molecule has 7 heteroatoms. The topological polar surface area (TPSA) is 63.5 Å². The Kier molecular flexibility index (Phi) is 6.35. The fraction of sp³-hybridized carbons (Fsp3) is 0.526. The van der Waals surface area contributed by atoms with Crippen LogP contribution in [0, 0.1) is 6.92 Å². The number of likely N-dealkylation sites (N-methyl/N-ethyl adjacent to an activating group) is 1. The largest absolute Gasteiger partial charge is 0.378 e. The Hall–Kier alpha value is -2.25. The van der Waals surface area contributed by atoms with Crippen LogP contribution < -0.4 is 0 Å². The van der Waals surface area contributed by atoms with Crippen molar-refractivity contribution in [3.05, 3.63) is 48.3 Å². The molecule has 1 atom stereocenters. The highest BCUT2D eigenvalue weighted by Gasteiger charge is 2.26. The van der Waals surface area contributed by atoms with E-state index in [1.54, 1.807) is 11.1 Å². The van der Waals surface area contributed by atoms with Gasteiger partial charge in [0.2, 0.25) is 5.91 Å². The van der Waals surface area contributed by atoms with Crippen LogP contribution in [0.25, 0.3) is 0 Å². The van der Waals surface area contributed by atoms with Gasteiger partial charge < -0.3 is 14.2 Å². The average molecular weight is 357 g/mol. The van der Waals surface area contributed by atoms with Crippen molar-refractivity contribution in [2.75, 3.05) is 33.4 Å². The van der Waals surface area contributed by atoms with Crippen LogP contribution in [0.5, 0.6) is 0 Å². The number of nitrogens with zero attached hydrogens (tertiary/aromatic N) is 5. The standard InChI is InChI=1S/C19H27N5O2/c1-16-21-7-8-23(16)10-9-22(2)19(25)13-18-15-26-12-11-24(18)14-17-3-5-20-6-4-17/h3-8,18H,9-15H2,1-2H3/t18-/m1/s1. The van der Waals surface area contributed by atoms with E-state index in [0.29, 0.717) is 26.2 Å². The number of ether oxygens (including phenoxy) is 1. The summed E-state index contributed by atoms with van der Waals surface area (Å²) in [4.78, 5) is 25.1. The van der Waals surface area contributed by atoms with Crippen molar-refractivity contribution in [3.63, 3.8) is 0 Å². The van der Waals surface area contributed by atoms with Gasteiger partial charge in [0.1, 0.15) is 5.82 Å². The molecule has 0 radical (unpaired) electrons. The van der Waals surface area contributed by atoms with Crippen molar-refractivity contribution >= 4 is 5.91 Å². The van der Waals surface area contributed by atoms with Gasteiger partial charge in [0.05, 0.1) is 13.2 Å². The molecule has 1 aliphatic rings. The first-order valence-corrected chi connectivity index (χ1v) is 9.06. The van der Waals surface area contributed by atoms with Gasteiger partial charge in [0.15, 0.2) is 0 Å². The van der Waals surface area contributed by atoms with Gasteiger partial charge in [-0.25, -0.2) is 4.98 Å². The molecular weight excluding hydrogens is 330 g/mol. The van der Waals surface area contributed by atoms with Crippen LogP contribution in [0.3, 0.4) is 0 Å². The number of amides is 1. The van der Waals surface area contributed by atoms with E-state index < -0.39 is 0 Å². The van der Waals surface area contributed by atoms with E-state index in [1.807, 2.05) is 44.7 Å². The molecule has 7 nitrogen and oxygen atoms in total. The van der Waals surface area contributed by atoms with Gasteiger partial charge >= 0.3 is 0 Å². The molecule has 0 unspecified atom stereocenters. The summed E-state index contributed by atoms with van der Waals surface area (Å²) in [5, 5.41) is 0. The number of morpholine rings is 1. The number of pyridine rings is 1. The molecule has 0 saturated carbocycles. The maximum Gasteiger partial charge on any atom is 0.224 e. The summed E-state index contributed by atoms with van der Waals surface area (Å²) >= 11 is 0. The first-order chi connectivity index (χ1) is 12.6. The summed E-state index contributed by atoms with van der Waals surface area (Å²) in [5.41, 5.74) is 1.21. The van der Waals surface area contributed by atoms with Gasteiger partial charge in [-0.15, -0.1) is 0 Å². The summed E-state index contributed by atoms with van der Waals surface area (Å²) in [5.74, 6) is 1.12. The minimum atomic E-state index is 0.113. The number of carbonyl (C=O) groups is 1. The van der Waals surface area contributed by atoms with Gasteiger partial charge in [-0.2, -0.15) is 0 Å². The summed E-state index contributed by atoms with van der Waals surface area (Å²) in [6, 6.07) is 4.16. The minimum Gasteiger partial charge on any atom is -0.378 e. The zero-order valence-corrected chi connectivity index (χ0v) is 15.5. The van der Waals surface area contributed by atoms with Gasteiger partial charge in [-0.3, -0.25) is 14.7 Å². The first kappa shape index (κ1) is 18.5. The average Bonchev–Trinajstić information content (AvgIpc) is 3.07. The molecule has 0 aromatic carbocycles. The maximum atomic E-state index is 12.7. The first-order valence-electron chi connectivity index (χ1n) is 9.06. The molecule has 2 aromatic heterocycles. The van der Waals surface area contributed by atoms with E-state index in [1.165, 1.54) is 5.56 Å². The fourth-order valence-corrected chi connectivity index (χ4v) is 3.19. The highest BCUT2D eigenvalue weighted by molar-refractivity contribution is 5.76. The number of aromatic nitrogens is 3. The van der Waals surface area contributed by atoms with Crippen molar-refractivity contribution in [1.82, 2.24) is 24.3 Å². The van der Waals surface area contributed by atoms with E-state index in [9.17, 15) is 4.79 Å². The SMILES string of the molecule is Cc1nccn1CCN(C)C(=O)C[C@@H]1COCCN1Cc1ccncc1. The molecule has 1 fully saturated rings. The summed E-state index contributed by atoms with van der Waals surface area (Å²) in [6.07, 6.45) is 7.82. The lowest BCUT2D eigenvalue weighted by atomic mass is 10.1. The predicted molar refractivity (Wildman–Crippen MR) is 98.5 cm³/mol. The zero-order valence-electron chi connectivity index (χ0n) is 15.5. The van der Waals surface area contributed by atoms with E-state index in [4.69, 9.17) is 4.74 Å². The maximum absolute atomic E-state index is 12.7. The van der Waals surface area contributed by atoms with E-state index in [0.717, 1.165) is 25.5 Å². The van der Waals surface area contributed by atoms with Crippen molar-refractivity contribution in [3.8, 4) is 0 Å². The van der Waals surface area contributed by atoms with Crippen LogP contribution in [0.4, 0.5) is 0 Å². The van der Waals surface area contributed by atoms with Crippen molar-refractivity contribution in [2.45, 2.75) is 32.5 Å². The molecule has 0 aliphatic carbocycles. The molecule has 0 spiro atoms. The predicted octanol–water partition coefficient (Wildman–Crippen LogP) is 1.34. The molecule has 140 valence electrons. The van der Waals surface area contributed by atoms with Crippen LogP contribution in [-0.2, 0) is 22.6 Å². The van der Waals surface area contributed by atoms with E-state index in [2.05, 4.69) is 19.4 Å². The lowest BCUT2D eigenvalue weighted by Gasteiger charge is -2.36. The van der Waals surface area contributed by atoms with Crippen LogP contribution in [0.2, 0.25) is 0 Å². The fourth-order valence-electron chi connectivity index (χ4n) is 3.19. The van der Waals surface area contributed by atoms with Crippen LogP contribution in [0.15, 0.2) is 36.9 Å². The van der Waals surface area contributed by atoms with Crippen molar-refractivity contribution < 1.29 is 9.53 Å². The summed E-state index contributed by atoms with van der Waals surface area (Å²) in [6.45, 7) is 6.39. The molecule has 0 bridgehead atoms. The number of imidazole rings is 1. The highest BCUT2D eigenvalue weighted by atomic mass is 16.5. The van der Waals surface area contributed by atoms with Crippen molar-refractivity contribution in [1.29, 1.82) is 0 Å². The molecule has 1 aliphatic heterocycles. The number of hydrogen-bond donors (Lipinski definition) is 0. The van der Waals surface area contributed by atoms with Gasteiger partial charge in [-0.1, -0.05) is 0 Å². The summed E-state index contributed by atoms with van der Waals surface area (Å²) in [7, 11) is 1.87.